The highest BCUT2D eigenvalue weighted by molar-refractivity contribution is 5.89. The lowest BCUT2D eigenvalue weighted by Crippen LogP contribution is -2.32. The first-order valence-electron chi connectivity index (χ1n) is 8.09. The van der Waals surface area contributed by atoms with Crippen molar-refractivity contribution in [3.63, 3.8) is 0 Å². The minimum atomic E-state index is -0.365. The molecule has 1 heterocycles. The SMILES string of the molecule is CC[C@@H](NC(=O)Nc1ccc(F)cc1)c1ncc(-c2ccccc2)[nH]1. The Morgan fingerprint density at radius 3 is 2.56 bits per heavy atom. The number of anilines is 1. The van der Waals surface area contributed by atoms with Gasteiger partial charge in [-0.2, -0.15) is 0 Å². The van der Waals surface area contributed by atoms with Crippen molar-refractivity contribution in [3.05, 3.63) is 72.4 Å². The van der Waals surface area contributed by atoms with E-state index in [2.05, 4.69) is 20.6 Å². The summed E-state index contributed by atoms with van der Waals surface area (Å²) >= 11 is 0. The van der Waals surface area contributed by atoms with Gasteiger partial charge in [0.25, 0.3) is 0 Å². The quantitative estimate of drug-likeness (QED) is 0.641. The highest BCUT2D eigenvalue weighted by atomic mass is 19.1. The second-order valence-electron chi connectivity index (χ2n) is 5.61. The number of H-pyrrole nitrogens is 1. The summed E-state index contributed by atoms with van der Waals surface area (Å²) in [6, 6.07) is 14.9. The summed E-state index contributed by atoms with van der Waals surface area (Å²) in [6.07, 6.45) is 2.44. The average Bonchev–Trinajstić information content (AvgIpc) is 3.12. The number of nitrogens with zero attached hydrogens (tertiary/aromatic N) is 1. The Labute approximate surface area is 145 Å². The summed E-state index contributed by atoms with van der Waals surface area (Å²) < 4.78 is 12.9. The molecular weight excluding hydrogens is 319 g/mol. The number of nitrogens with one attached hydrogen (secondary N) is 3. The van der Waals surface area contributed by atoms with Crippen LogP contribution in [0.25, 0.3) is 11.3 Å². The molecule has 1 atom stereocenters. The first kappa shape index (κ1) is 16.7. The van der Waals surface area contributed by atoms with Gasteiger partial charge in [-0.3, -0.25) is 0 Å². The van der Waals surface area contributed by atoms with E-state index in [1.165, 1.54) is 24.3 Å². The molecule has 6 heteroatoms. The van der Waals surface area contributed by atoms with Crippen LogP contribution in [0.5, 0.6) is 0 Å². The molecule has 3 N–H and O–H groups in total. The Hall–Kier alpha value is -3.15. The largest absolute Gasteiger partial charge is 0.340 e. The summed E-state index contributed by atoms with van der Waals surface area (Å²) in [5, 5.41) is 5.56. The van der Waals surface area contributed by atoms with Crippen molar-refractivity contribution in [3.8, 4) is 11.3 Å². The van der Waals surface area contributed by atoms with Crippen LogP contribution in [0.3, 0.4) is 0 Å². The highest BCUT2D eigenvalue weighted by Gasteiger charge is 2.16. The monoisotopic (exact) mass is 338 g/mol. The standard InChI is InChI=1S/C19H19FN4O/c1-2-16(24-19(25)22-15-10-8-14(20)9-11-15)18-21-12-17(23-18)13-6-4-3-5-7-13/h3-12,16H,2H2,1H3,(H,21,23)(H2,22,24,25)/t16-/m1/s1. The molecule has 0 saturated carbocycles. The van der Waals surface area contributed by atoms with E-state index in [1.807, 2.05) is 37.3 Å². The smallest absolute Gasteiger partial charge is 0.319 e. The number of halogens is 1. The number of carbonyl (C=O) groups is 1. The highest BCUT2D eigenvalue weighted by Crippen LogP contribution is 2.20. The van der Waals surface area contributed by atoms with Crippen LogP contribution in [-0.2, 0) is 0 Å². The molecule has 1 aromatic heterocycles. The number of aromatic amines is 1. The first-order chi connectivity index (χ1) is 12.2. The third kappa shape index (κ3) is 4.23. The zero-order valence-electron chi connectivity index (χ0n) is 13.8. The number of amides is 2. The Morgan fingerprint density at radius 2 is 1.88 bits per heavy atom. The van der Waals surface area contributed by atoms with E-state index in [-0.39, 0.29) is 17.9 Å². The topological polar surface area (TPSA) is 69.8 Å². The maximum atomic E-state index is 12.9. The fourth-order valence-corrected chi connectivity index (χ4v) is 2.50. The minimum absolute atomic E-state index is 0.252. The molecule has 2 amide bonds. The van der Waals surface area contributed by atoms with Gasteiger partial charge in [0.15, 0.2) is 0 Å². The molecule has 0 unspecified atom stereocenters. The maximum Gasteiger partial charge on any atom is 0.319 e. The molecule has 3 rings (SSSR count). The van der Waals surface area contributed by atoms with Gasteiger partial charge in [-0.15, -0.1) is 0 Å². The van der Waals surface area contributed by atoms with Gasteiger partial charge in [-0.1, -0.05) is 37.3 Å². The van der Waals surface area contributed by atoms with E-state index in [0.717, 1.165) is 11.3 Å². The first-order valence-corrected chi connectivity index (χ1v) is 8.09. The predicted octanol–water partition coefficient (Wildman–Crippen LogP) is 4.49. The Kier molecular flexibility index (Phi) is 5.09. The summed E-state index contributed by atoms with van der Waals surface area (Å²) in [5.74, 6) is 0.344. The number of carbonyl (C=O) groups excluding carboxylic acids is 1. The number of imidazole rings is 1. The number of urea groups is 1. The number of benzene rings is 2. The number of hydrogen-bond acceptors (Lipinski definition) is 2. The van der Waals surface area contributed by atoms with Gasteiger partial charge in [0.1, 0.15) is 11.6 Å². The van der Waals surface area contributed by atoms with Crippen molar-refractivity contribution >= 4 is 11.7 Å². The molecule has 128 valence electrons. The molecule has 0 fully saturated rings. The maximum absolute atomic E-state index is 12.9. The fourth-order valence-electron chi connectivity index (χ4n) is 2.50. The van der Waals surface area contributed by atoms with Gasteiger partial charge in [0.05, 0.1) is 17.9 Å². The van der Waals surface area contributed by atoms with Gasteiger partial charge in [0.2, 0.25) is 0 Å². The van der Waals surface area contributed by atoms with Crippen LogP contribution in [0, 0.1) is 5.82 Å². The van der Waals surface area contributed by atoms with E-state index >= 15 is 0 Å². The zero-order chi connectivity index (χ0) is 17.6. The lowest BCUT2D eigenvalue weighted by Gasteiger charge is -2.15. The third-order valence-corrected chi connectivity index (χ3v) is 3.83. The molecule has 0 aliphatic carbocycles. The molecule has 0 radical (unpaired) electrons. The second-order valence-corrected chi connectivity index (χ2v) is 5.61. The third-order valence-electron chi connectivity index (χ3n) is 3.83. The van der Waals surface area contributed by atoms with Crippen LogP contribution in [0.15, 0.2) is 60.8 Å². The van der Waals surface area contributed by atoms with Crippen molar-refractivity contribution in [2.75, 3.05) is 5.32 Å². The van der Waals surface area contributed by atoms with Crippen molar-refractivity contribution in [2.45, 2.75) is 19.4 Å². The normalized spacial score (nSPS) is 11.8. The number of aromatic nitrogens is 2. The van der Waals surface area contributed by atoms with Crippen LogP contribution >= 0.6 is 0 Å². The summed E-state index contributed by atoms with van der Waals surface area (Å²) in [5.41, 5.74) is 2.46. The van der Waals surface area contributed by atoms with E-state index in [1.54, 1.807) is 6.20 Å². The number of rotatable bonds is 5. The van der Waals surface area contributed by atoms with E-state index in [0.29, 0.717) is 17.9 Å². The summed E-state index contributed by atoms with van der Waals surface area (Å²) in [4.78, 5) is 19.8. The molecule has 5 nitrogen and oxygen atoms in total. The Bertz CT molecular complexity index is 830. The molecular formula is C19H19FN4O. The predicted molar refractivity (Wildman–Crippen MR) is 95.6 cm³/mol. The van der Waals surface area contributed by atoms with Crippen molar-refractivity contribution in [1.29, 1.82) is 0 Å². The van der Waals surface area contributed by atoms with Gasteiger partial charge in [0, 0.05) is 5.69 Å². The molecule has 0 saturated heterocycles. The Morgan fingerprint density at radius 1 is 1.16 bits per heavy atom. The summed E-state index contributed by atoms with van der Waals surface area (Å²) in [6.45, 7) is 1.97. The van der Waals surface area contributed by atoms with Gasteiger partial charge < -0.3 is 15.6 Å². The van der Waals surface area contributed by atoms with Crippen LogP contribution in [-0.4, -0.2) is 16.0 Å². The van der Waals surface area contributed by atoms with Gasteiger partial charge >= 0.3 is 6.03 Å². The molecule has 25 heavy (non-hydrogen) atoms. The molecule has 3 aromatic rings. The van der Waals surface area contributed by atoms with Crippen LogP contribution in [0.4, 0.5) is 14.9 Å². The minimum Gasteiger partial charge on any atom is -0.340 e. The molecule has 0 bridgehead atoms. The average molecular weight is 338 g/mol. The van der Waals surface area contributed by atoms with Crippen LogP contribution in [0.1, 0.15) is 25.2 Å². The van der Waals surface area contributed by atoms with E-state index < -0.39 is 0 Å². The van der Waals surface area contributed by atoms with Crippen molar-refractivity contribution < 1.29 is 9.18 Å². The van der Waals surface area contributed by atoms with Crippen molar-refractivity contribution in [1.82, 2.24) is 15.3 Å². The number of hydrogen-bond donors (Lipinski definition) is 3. The van der Waals surface area contributed by atoms with Gasteiger partial charge in [-0.25, -0.2) is 14.2 Å². The molecule has 0 spiro atoms. The summed E-state index contributed by atoms with van der Waals surface area (Å²) in [7, 11) is 0. The van der Waals surface area contributed by atoms with Crippen molar-refractivity contribution in [2.24, 2.45) is 0 Å². The van der Waals surface area contributed by atoms with Gasteiger partial charge in [-0.05, 0) is 36.2 Å². The molecule has 2 aromatic carbocycles. The lowest BCUT2D eigenvalue weighted by molar-refractivity contribution is 0.247. The zero-order valence-corrected chi connectivity index (χ0v) is 13.8. The molecule has 0 aliphatic rings. The van der Waals surface area contributed by atoms with Crippen LogP contribution < -0.4 is 10.6 Å². The molecule has 0 aliphatic heterocycles. The Balaban J connectivity index is 1.67. The lowest BCUT2D eigenvalue weighted by atomic mass is 10.2. The second kappa shape index (κ2) is 7.61. The van der Waals surface area contributed by atoms with Crippen LogP contribution in [0.2, 0.25) is 0 Å². The van der Waals surface area contributed by atoms with E-state index in [9.17, 15) is 9.18 Å². The fraction of sp³-hybridized carbons (Fsp3) is 0.158. The van der Waals surface area contributed by atoms with E-state index in [4.69, 9.17) is 0 Å².